The van der Waals surface area contributed by atoms with Gasteiger partial charge in [0.05, 0.1) is 21.2 Å². The van der Waals surface area contributed by atoms with E-state index in [-0.39, 0.29) is 15.7 Å². The van der Waals surface area contributed by atoms with Crippen LogP contribution in [0.4, 0.5) is 5.69 Å². The molecule has 0 amide bonds. The number of carbonyl (C=O) groups is 1. The third-order valence-corrected chi connectivity index (χ3v) is 6.77. The van der Waals surface area contributed by atoms with E-state index in [1.54, 1.807) is 0 Å². The first-order valence-corrected chi connectivity index (χ1v) is 8.98. The SMILES string of the molecule is O=C(O)c1ncsc1S(=O)(=O)Nc1ccc(Br)c(Cl)c1Cl. The summed E-state index contributed by atoms with van der Waals surface area (Å²) in [6, 6.07) is 2.91. The monoisotopic (exact) mass is 430 g/mol. The molecule has 0 aliphatic carbocycles. The Bertz CT molecular complexity index is 822. The molecule has 1 aromatic heterocycles. The molecule has 0 atom stereocenters. The fourth-order valence-electron chi connectivity index (χ4n) is 1.36. The van der Waals surface area contributed by atoms with Crippen molar-refractivity contribution < 1.29 is 18.3 Å². The minimum Gasteiger partial charge on any atom is -0.476 e. The van der Waals surface area contributed by atoms with Crippen molar-refractivity contribution in [2.75, 3.05) is 4.72 Å². The molecule has 6 nitrogen and oxygen atoms in total. The van der Waals surface area contributed by atoms with Crippen molar-refractivity contribution in [1.82, 2.24) is 4.98 Å². The van der Waals surface area contributed by atoms with Crippen LogP contribution in [0.25, 0.3) is 0 Å². The van der Waals surface area contributed by atoms with Gasteiger partial charge in [0, 0.05) is 4.47 Å². The summed E-state index contributed by atoms with van der Waals surface area (Å²) in [6.07, 6.45) is 0. The number of nitrogens with zero attached hydrogens (tertiary/aromatic N) is 1. The lowest BCUT2D eigenvalue weighted by Gasteiger charge is -2.10. The molecule has 1 heterocycles. The van der Waals surface area contributed by atoms with E-state index in [1.807, 2.05) is 0 Å². The highest BCUT2D eigenvalue weighted by atomic mass is 79.9. The standard InChI is InChI=1S/C10H5BrCl2N2O4S2/c11-4-1-2-5(7(13)6(4)12)15-21(18,19)10-8(9(16)17)14-3-20-10/h1-3,15H,(H,16,17). The molecule has 1 aromatic carbocycles. The van der Waals surface area contributed by atoms with E-state index < -0.39 is 25.9 Å². The van der Waals surface area contributed by atoms with Crippen LogP contribution in [0, 0.1) is 0 Å². The minimum atomic E-state index is -4.13. The van der Waals surface area contributed by atoms with Gasteiger partial charge in [-0.2, -0.15) is 0 Å². The number of aromatic nitrogens is 1. The lowest BCUT2D eigenvalue weighted by atomic mass is 10.3. The minimum absolute atomic E-state index is 0.00370. The summed E-state index contributed by atoms with van der Waals surface area (Å²) < 4.78 is 26.7. The predicted octanol–water partition coefficient (Wildman–Crippen LogP) is 3.71. The molecule has 11 heteroatoms. The number of rotatable bonds is 4. The van der Waals surface area contributed by atoms with E-state index in [0.29, 0.717) is 15.8 Å². The van der Waals surface area contributed by atoms with Gasteiger partial charge in [0.1, 0.15) is 0 Å². The van der Waals surface area contributed by atoms with Crippen molar-refractivity contribution in [3.63, 3.8) is 0 Å². The second-order valence-electron chi connectivity index (χ2n) is 3.62. The molecule has 0 radical (unpaired) electrons. The maximum absolute atomic E-state index is 12.2. The van der Waals surface area contributed by atoms with Crippen LogP contribution >= 0.6 is 50.5 Å². The Labute approximate surface area is 141 Å². The van der Waals surface area contributed by atoms with E-state index in [1.165, 1.54) is 12.1 Å². The molecule has 0 fully saturated rings. The topological polar surface area (TPSA) is 96.4 Å². The summed E-state index contributed by atoms with van der Waals surface area (Å²) in [5.41, 5.74) is 0.621. The second-order valence-corrected chi connectivity index (χ2v) is 7.96. The number of halogens is 3. The summed E-state index contributed by atoms with van der Waals surface area (Å²) in [5.74, 6) is -1.43. The van der Waals surface area contributed by atoms with Crippen LogP contribution in [0.2, 0.25) is 10.0 Å². The zero-order chi connectivity index (χ0) is 15.8. The highest BCUT2D eigenvalue weighted by Gasteiger charge is 2.26. The summed E-state index contributed by atoms with van der Waals surface area (Å²) in [6.45, 7) is 0. The largest absolute Gasteiger partial charge is 0.476 e. The fourth-order valence-corrected chi connectivity index (χ4v) is 4.46. The molecule has 0 aliphatic rings. The van der Waals surface area contributed by atoms with E-state index in [2.05, 4.69) is 25.6 Å². The molecule has 0 saturated heterocycles. The molecule has 0 bridgehead atoms. The molecular weight excluding hydrogens is 427 g/mol. The van der Waals surface area contributed by atoms with E-state index >= 15 is 0 Å². The van der Waals surface area contributed by atoms with Crippen LogP contribution in [0.1, 0.15) is 10.5 Å². The number of hydrogen-bond acceptors (Lipinski definition) is 5. The molecule has 0 unspecified atom stereocenters. The zero-order valence-electron chi connectivity index (χ0n) is 9.80. The molecular formula is C10H5BrCl2N2O4S2. The maximum atomic E-state index is 12.2. The third-order valence-electron chi connectivity index (χ3n) is 2.26. The van der Waals surface area contributed by atoms with Gasteiger partial charge in [0.15, 0.2) is 9.90 Å². The Kier molecular flexibility index (Phi) is 4.79. The van der Waals surface area contributed by atoms with Crippen molar-refractivity contribution >= 4 is 72.1 Å². The Morgan fingerprint density at radius 3 is 2.62 bits per heavy atom. The Morgan fingerprint density at radius 1 is 1.33 bits per heavy atom. The van der Waals surface area contributed by atoms with Gasteiger partial charge in [-0.15, -0.1) is 11.3 Å². The highest BCUT2D eigenvalue weighted by molar-refractivity contribution is 9.10. The fraction of sp³-hybridized carbons (Fsp3) is 0. The van der Waals surface area contributed by atoms with E-state index in [0.717, 1.165) is 5.51 Å². The Balaban J connectivity index is 2.45. The first-order valence-electron chi connectivity index (χ1n) is 5.07. The smallest absolute Gasteiger partial charge is 0.356 e. The number of carboxylic acids is 1. The number of anilines is 1. The summed E-state index contributed by atoms with van der Waals surface area (Å²) in [5, 5.41) is 9.05. The van der Waals surface area contributed by atoms with Gasteiger partial charge < -0.3 is 5.11 Å². The van der Waals surface area contributed by atoms with Crippen LogP contribution < -0.4 is 4.72 Å². The highest BCUT2D eigenvalue weighted by Crippen LogP contribution is 2.37. The van der Waals surface area contributed by atoms with Crippen LogP contribution in [0.15, 0.2) is 26.3 Å². The maximum Gasteiger partial charge on any atom is 0.356 e. The number of nitrogens with one attached hydrogen (secondary N) is 1. The summed E-state index contributed by atoms with van der Waals surface area (Å²) in [4.78, 5) is 14.5. The average molecular weight is 432 g/mol. The molecule has 21 heavy (non-hydrogen) atoms. The van der Waals surface area contributed by atoms with Gasteiger partial charge in [0.2, 0.25) is 0 Å². The zero-order valence-corrected chi connectivity index (χ0v) is 14.5. The van der Waals surface area contributed by atoms with Gasteiger partial charge >= 0.3 is 5.97 Å². The van der Waals surface area contributed by atoms with Crippen LogP contribution in [0.5, 0.6) is 0 Å². The average Bonchev–Trinajstić information content (AvgIpc) is 2.90. The van der Waals surface area contributed by atoms with Gasteiger partial charge in [-0.3, -0.25) is 4.72 Å². The third kappa shape index (κ3) is 3.32. The van der Waals surface area contributed by atoms with E-state index in [4.69, 9.17) is 28.3 Å². The molecule has 2 rings (SSSR count). The van der Waals surface area contributed by atoms with Gasteiger partial charge in [-0.25, -0.2) is 18.2 Å². The van der Waals surface area contributed by atoms with Crippen LogP contribution in [-0.2, 0) is 10.0 Å². The lowest BCUT2D eigenvalue weighted by Crippen LogP contribution is -2.15. The normalized spacial score (nSPS) is 11.4. The van der Waals surface area contributed by atoms with Crippen molar-refractivity contribution in [2.24, 2.45) is 0 Å². The first-order chi connectivity index (χ1) is 9.74. The lowest BCUT2D eigenvalue weighted by molar-refractivity contribution is 0.0687. The molecule has 0 spiro atoms. The number of benzene rings is 1. The first kappa shape index (κ1) is 16.5. The number of aromatic carboxylic acids is 1. The number of sulfonamides is 1. The molecule has 0 aliphatic heterocycles. The van der Waals surface area contributed by atoms with Crippen molar-refractivity contribution in [3.8, 4) is 0 Å². The van der Waals surface area contributed by atoms with Gasteiger partial charge in [-0.05, 0) is 28.1 Å². The van der Waals surface area contributed by atoms with Crippen LogP contribution in [-0.4, -0.2) is 24.5 Å². The van der Waals surface area contributed by atoms with Crippen molar-refractivity contribution in [2.45, 2.75) is 4.21 Å². The summed E-state index contributed by atoms with van der Waals surface area (Å²) >= 11 is 15.7. The molecule has 0 saturated carbocycles. The predicted molar refractivity (Wildman–Crippen MR) is 84.0 cm³/mol. The van der Waals surface area contributed by atoms with E-state index in [9.17, 15) is 13.2 Å². The number of carboxylic acid groups (broad SMARTS) is 1. The Morgan fingerprint density at radius 2 is 2.00 bits per heavy atom. The van der Waals surface area contributed by atoms with Crippen molar-refractivity contribution in [3.05, 3.63) is 37.9 Å². The summed E-state index contributed by atoms with van der Waals surface area (Å²) in [7, 11) is -4.13. The van der Waals surface area contributed by atoms with Crippen molar-refractivity contribution in [1.29, 1.82) is 0 Å². The Hall–Kier alpha value is -0.870. The van der Waals surface area contributed by atoms with Crippen LogP contribution in [0.3, 0.4) is 0 Å². The molecule has 2 aromatic rings. The molecule has 2 N–H and O–H groups in total. The second kappa shape index (κ2) is 6.09. The number of thiazole rings is 1. The molecule has 112 valence electrons. The quantitative estimate of drug-likeness (QED) is 0.719. The van der Waals surface area contributed by atoms with Gasteiger partial charge in [-0.1, -0.05) is 23.2 Å². The van der Waals surface area contributed by atoms with Gasteiger partial charge in [0.25, 0.3) is 10.0 Å². The number of hydrogen-bond donors (Lipinski definition) is 2.